The summed E-state index contributed by atoms with van der Waals surface area (Å²) in [5.74, 6) is 0.386. The van der Waals surface area contributed by atoms with E-state index in [1.807, 2.05) is 6.07 Å². The molecule has 0 bridgehead atoms. The fourth-order valence-electron chi connectivity index (χ4n) is 1.27. The molecule has 2 rings (SSSR count). The maximum Gasteiger partial charge on any atom is 0.269 e. The Morgan fingerprint density at radius 1 is 1.50 bits per heavy atom. The van der Waals surface area contributed by atoms with Crippen molar-refractivity contribution in [3.05, 3.63) is 27.6 Å². The highest BCUT2D eigenvalue weighted by Gasteiger charge is 2.09. The van der Waals surface area contributed by atoms with Crippen LogP contribution >= 0.6 is 11.3 Å². The van der Waals surface area contributed by atoms with Crippen molar-refractivity contribution in [2.24, 2.45) is 7.05 Å². The smallest absolute Gasteiger partial charge is 0.269 e. The van der Waals surface area contributed by atoms with Crippen molar-refractivity contribution in [2.75, 3.05) is 0 Å². The van der Waals surface area contributed by atoms with Crippen LogP contribution in [0.25, 0.3) is 10.2 Å². The molecule has 0 atom stereocenters. The van der Waals surface area contributed by atoms with E-state index in [4.69, 9.17) is 0 Å². The van der Waals surface area contributed by atoms with E-state index in [0.29, 0.717) is 5.92 Å². The minimum atomic E-state index is 0.0481. The first-order valence-corrected chi connectivity index (χ1v) is 5.37. The molecule has 0 spiro atoms. The number of hydrogen-bond donors (Lipinski definition) is 0. The van der Waals surface area contributed by atoms with Crippen molar-refractivity contribution in [3.63, 3.8) is 0 Å². The number of rotatable bonds is 1. The van der Waals surface area contributed by atoms with E-state index in [-0.39, 0.29) is 5.56 Å². The van der Waals surface area contributed by atoms with Gasteiger partial charge in [-0.25, -0.2) is 4.98 Å². The summed E-state index contributed by atoms with van der Waals surface area (Å²) >= 11 is 1.50. The Labute approximate surface area is 86.0 Å². The van der Waals surface area contributed by atoms with E-state index >= 15 is 0 Å². The summed E-state index contributed by atoms with van der Waals surface area (Å²) in [5.41, 5.74) is 0.869. The second kappa shape index (κ2) is 3.20. The van der Waals surface area contributed by atoms with Crippen LogP contribution in [0.5, 0.6) is 0 Å². The number of hydrogen-bond acceptors (Lipinski definition) is 3. The average Bonchev–Trinajstić information content (AvgIpc) is 2.56. The maximum atomic E-state index is 11.7. The molecule has 0 saturated heterocycles. The van der Waals surface area contributed by atoms with Gasteiger partial charge >= 0.3 is 0 Å². The van der Waals surface area contributed by atoms with Gasteiger partial charge in [0.1, 0.15) is 4.70 Å². The molecule has 0 saturated carbocycles. The molecule has 0 aliphatic rings. The molecule has 0 radical (unpaired) electrons. The number of thiazole rings is 1. The third-order valence-electron chi connectivity index (χ3n) is 2.13. The van der Waals surface area contributed by atoms with Gasteiger partial charge in [0.05, 0.1) is 10.5 Å². The number of aryl methyl sites for hydroxylation is 1. The number of nitrogens with zero attached hydrogens (tertiary/aromatic N) is 2. The highest BCUT2D eigenvalue weighted by molar-refractivity contribution is 7.18. The first kappa shape index (κ1) is 9.40. The number of pyridine rings is 1. The lowest BCUT2D eigenvalue weighted by Crippen LogP contribution is -2.14. The van der Waals surface area contributed by atoms with Gasteiger partial charge in [0.15, 0.2) is 0 Å². The van der Waals surface area contributed by atoms with Gasteiger partial charge in [0, 0.05) is 19.2 Å². The Balaban J connectivity index is 2.78. The molecular weight excluding hydrogens is 196 g/mol. The van der Waals surface area contributed by atoms with Crippen LogP contribution in [-0.2, 0) is 7.05 Å². The Kier molecular flexibility index (Phi) is 2.15. The summed E-state index contributed by atoms with van der Waals surface area (Å²) in [4.78, 5) is 16.1. The second-order valence-electron chi connectivity index (χ2n) is 3.65. The molecule has 0 fully saturated rings. The molecule has 3 nitrogen and oxygen atoms in total. The van der Waals surface area contributed by atoms with Crippen LogP contribution in [-0.4, -0.2) is 9.55 Å². The zero-order valence-electron chi connectivity index (χ0n) is 8.44. The molecule has 0 amide bonds. The van der Waals surface area contributed by atoms with Crippen LogP contribution in [0.1, 0.15) is 24.8 Å². The molecule has 0 aromatic carbocycles. The normalized spacial score (nSPS) is 11.4. The first-order valence-electron chi connectivity index (χ1n) is 4.55. The summed E-state index contributed by atoms with van der Waals surface area (Å²) in [6.07, 6.45) is 1.76. The van der Waals surface area contributed by atoms with Crippen LogP contribution in [0.3, 0.4) is 0 Å². The van der Waals surface area contributed by atoms with Crippen molar-refractivity contribution in [1.82, 2.24) is 9.55 Å². The number of aromatic nitrogens is 2. The standard InChI is InChI=1S/C10H12N2OS/c1-6(2)9-11-7-4-5-12(3)10(13)8(7)14-9/h4-6H,1-3H3. The predicted molar refractivity (Wildman–Crippen MR) is 59.0 cm³/mol. The fraction of sp³-hybridized carbons (Fsp3) is 0.400. The van der Waals surface area contributed by atoms with Gasteiger partial charge in [-0.3, -0.25) is 4.79 Å². The van der Waals surface area contributed by atoms with Crippen LogP contribution in [0.2, 0.25) is 0 Å². The molecule has 0 N–H and O–H groups in total. The van der Waals surface area contributed by atoms with Gasteiger partial charge in [0.25, 0.3) is 5.56 Å². The summed E-state index contributed by atoms with van der Waals surface area (Å²) in [6, 6.07) is 1.89. The molecule has 0 aliphatic carbocycles. The average molecular weight is 208 g/mol. The van der Waals surface area contributed by atoms with Crippen molar-refractivity contribution in [2.45, 2.75) is 19.8 Å². The van der Waals surface area contributed by atoms with Gasteiger partial charge in [-0.15, -0.1) is 11.3 Å². The Morgan fingerprint density at radius 3 is 2.86 bits per heavy atom. The van der Waals surface area contributed by atoms with Crippen LogP contribution in [0.4, 0.5) is 0 Å². The van der Waals surface area contributed by atoms with Crippen molar-refractivity contribution >= 4 is 21.6 Å². The summed E-state index contributed by atoms with van der Waals surface area (Å²) < 4.78 is 2.35. The zero-order valence-corrected chi connectivity index (χ0v) is 9.26. The highest BCUT2D eigenvalue weighted by Crippen LogP contribution is 2.24. The van der Waals surface area contributed by atoms with E-state index in [9.17, 15) is 4.79 Å². The predicted octanol–water partition coefficient (Wildman–Crippen LogP) is 2.12. The van der Waals surface area contributed by atoms with Gasteiger partial charge in [-0.1, -0.05) is 13.8 Å². The molecule has 0 unspecified atom stereocenters. The van der Waals surface area contributed by atoms with Crippen molar-refractivity contribution < 1.29 is 0 Å². The molecule has 0 aliphatic heterocycles. The molecule has 2 aromatic rings. The minimum absolute atomic E-state index is 0.0481. The van der Waals surface area contributed by atoms with Crippen LogP contribution in [0, 0.1) is 0 Å². The third kappa shape index (κ3) is 1.35. The van der Waals surface area contributed by atoms with E-state index in [1.54, 1.807) is 17.8 Å². The molecule has 4 heteroatoms. The monoisotopic (exact) mass is 208 g/mol. The summed E-state index contributed by atoms with van der Waals surface area (Å²) in [5, 5.41) is 1.03. The maximum absolute atomic E-state index is 11.7. The lowest BCUT2D eigenvalue weighted by Gasteiger charge is -1.94. The Bertz CT molecular complexity index is 524. The number of fused-ring (bicyclic) bond motifs is 1. The van der Waals surface area contributed by atoms with Crippen molar-refractivity contribution in [3.8, 4) is 0 Å². The van der Waals surface area contributed by atoms with E-state index in [0.717, 1.165) is 15.2 Å². The Hall–Kier alpha value is -1.16. The van der Waals surface area contributed by atoms with Crippen LogP contribution < -0.4 is 5.56 Å². The lowest BCUT2D eigenvalue weighted by molar-refractivity contribution is 0.855. The first-order chi connectivity index (χ1) is 6.59. The quantitative estimate of drug-likeness (QED) is 0.719. The molecule has 2 heterocycles. The van der Waals surface area contributed by atoms with Crippen LogP contribution in [0.15, 0.2) is 17.1 Å². The largest absolute Gasteiger partial charge is 0.317 e. The zero-order chi connectivity index (χ0) is 10.3. The minimum Gasteiger partial charge on any atom is -0.317 e. The van der Waals surface area contributed by atoms with Gasteiger partial charge < -0.3 is 4.57 Å². The highest BCUT2D eigenvalue weighted by atomic mass is 32.1. The molecule has 14 heavy (non-hydrogen) atoms. The van der Waals surface area contributed by atoms with E-state index < -0.39 is 0 Å². The van der Waals surface area contributed by atoms with E-state index in [2.05, 4.69) is 18.8 Å². The lowest BCUT2D eigenvalue weighted by atomic mass is 10.2. The summed E-state index contributed by atoms with van der Waals surface area (Å²) in [6.45, 7) is 4.17. The topological polar surface area (TPSA) is 34.9 Å². The van der Waals surface area contributed by atoms with Gasteiger partial charge in [-0.05, 0) is 6.07 Å². The van der Waals surface area contributed by atoms with Gasteiger partial charge in [0.2, 0.25) is 0 Å². The van der Waals surface area contributed by atoms with Gasteiger partial charge in [-0.2, -0.15) is 0 Å². The summed E-state index contributed by atoms with van der Waals surface area (Å²) in [7, 11) is 1.76. The van der Waals surface area contributed by atoms with Crippen molar-refractivity contribution in [1.29, 1.82) is 0 Å². The SMILES string of the molecule is CC(C)c1nc2ccn(C)c(=O)c2s1. The third-order valence-corrected chi connectivity index (χ3v) is 3.49. The fourth-order valence-corrected chi connectivity index (χ4v) is 2.31. The molecular formula is C10H12N2OS. The van der Waals surface area contributed by atoms with E-state index in [1.165, 1.54) is 11.3 Å². The Morgan fingerprint density at radius 2 is 2.21 bits per heavy atom. The molecule has 2 aromatic heterocycles. The second-order valence-corrected chi connectivity index (χ2v) is 4.68. The molecule has 74 valence electrons.